The van der Waals surface area contributed by atoms with E-state index in [1.165, 1.54) is 0 Å². The van der Waals surface area contributed by atoms with Gasteiger partial charge in [-0.1, -0.05) is 126 Å². The van der Waals surface area contributed by atoms with Crippen LogP contribution in [0.2, 0.25) is 43.8 Å². The molecule has 1 rings (SSSR count). The van der Waals surface area contributed by atoms with Gasteiger partial charge in [-0.2, -0.15) is 0 Å². The minimum atomic E-state index is -2.00. The van der Waals surface area contributed by atoms with E-state index in [4.69, 9.17) is 18.6 Å². The van der Waals surface area contributed by atoms with Gasteiger partial charge in [0.15, 0.2) is 14.1 Å². The zero-order valence-corrected chi connectivity index (χ0v) is 38.8. The van der Waals surface area contributed by atoms with Crippen molar-refractivity contribution in [2.75, 3.05) is 13.4 Å². The smallest absolute Gasteiger partial charge is 0.330 e. The number of esters is 1. The van der Waals surface area contributed by atoms with Crippen LogP contribution in [-0.4, -0.2) is 59.9 Å². The van der Waals surface area contributed by atoms with Crippen molar-refractivity contribution in [2.45, 2.75) is 169 Å². The molecule has 0 radical (unpaired) electrons. The normalized spacial score (nSPS) is 25.6. The Morgan fingerprint density at radius 2 is 1.74 bits per heavy atom. The van der Waals surface area contributed by atoms with Crippen LogP contribution in [0.3, 0.4) is 0 Å². The molecule has 1 unspecified atom stereocenters. The van der Waals surface area contributed by atoms with Crippen LogP contribution in [-0.2, 0) is 28.2 Å². The maximum atomic E-state index is 13.1. The van der Waals surface area contributed by atoms with Crippen molar-refractivity contribution in [3.63, 3.8) is 0 Å². The summed E-state index contributed by atoms with van der Waals surface area (Å²) in [5.41, 5.74) is 3.17. The fourth-order valence-electron chi connectivity index (χ4n) is 5.65. The van der Waals surface area contributed by atoms with Gasteiger partial charge in [0, 0.05) is 39.5 Å². The standard InChI is InChI=1S/C46H78O6Si2/c1-36(2)32-41(47)24-21-23-37(3)33-40(6)44-34-38(4)22-17-15-19-26-43(52-54(13,14)46(7,8)9)39(5)28-29-42(25-18-16-20-27-45(48)51-44)50-35-49-30-31-53(10,11)12/h15,17,20-23,27-29,32-33,39-40,42-44H,16,18-19,24-26,30-31,34-35H2,1-14H3/b17-15+,23-21+,27-20+,29-28+,37-33+,38-22+/t39-,40-,42-,43-,44?/m1/s1. The number of carbonyl (C=O) groups is 2. The first-order chi connectivity index (χ1) is 25.1. The summed E-state index contributed by atoms with van der Waals surface area (Å²) in [6.45, 7) is 31.9. The molecule has 6 nitrogen and oxygen atoms in total. The minimum Gasteiger partial charge on any atom is -0.458 e. The lowest BCUT2D eigenvalue weighted by molar-refractivity contribution is -0.144. The van der Waals surface area contributed by atoms with Crippen molar-refractivity contribution in [3.8, 4) is 0 Å². The highest BCUT2D eigenvalue weighted by Gasteiger charge is 2.39. The number of ether oxygens (including phenoxy) is 3. The summed E-state index contributed by atoms with van der Waals surface area (Å²) in [7, 11) is -3.18. The van der Waals surface area contributed by atoms with E-state index in [1.807, 2.05) is 39.0 Å². The Bertz CT molecular complexity index is 1350. The second-order valence-corrected chi connectivity index (χ2v) is 28.7. The van der Waals surface area contributed by atoms with Gasteiger partial charge in [-0.25, -0.2) is 4.79 Å². The number of hydrogen-bond donors (Lipinski definition) is 0. The molecule has 0 aromatic carbocycles. The highest BCUT2D eigenvalue weighted by atomic mass is 28.4. The monoisotopic (exact) mass is 783 g/mol. The average Bonchev–Trinajstić information content (AvgIpc) is 3.03. The van der Waals surface area contributed by atoms with Crippen LogP contribution >= 0.6 is 0 Å². The number of carbonyl (C=O) groups excluding carboxylic acids is 2. The highest BCUT2D eigenvalue weighted by molar-refractivity contribution is 6.76. The van der Waals surface area contributed by atoms with E-state index in [0.29, 0.717) is 12.8 Å². The number of ketones is 1. The first-order valence-electron chi connectivity index (χ1n) is 20.4. The number of rotatable bonds is 14. The lowest BCUT2D eigenvalue weighted by atomic mass is 9.95. The van der Waals surface area contributed by atoms with E-state index in [2.05, 4.69) is 111 Å². The maximum Gasteiger partial charge on any atom is 0.330 e. The molecule has 1 heterocycles. The van der Waals surface area contributed by atoms with Gasteiger partial charge in [-0.15, -0.1) is 0 Å². The summed E-state index contributed by atoms with van der Waals surface area (Å²) < 4.78 is 25.3. The Labute approximate surface area is 333 Å². The topological polar surface area (TPSA) is 71.1 Å². The maximum absolute atomic E-state index is 13.1. The van der Waals surface area contributed by atoms with Crippen molar-refractivity contribution in [1.82, 2.24) is 0 Å². The summed E-state index contributed by atoms with van der Waals surface area (Å²) in [5, 5.41) is 0.118. The van der Waals surface area contributed by atoms with E-state index in [9.17, 15) is 9.59 Å². The molecule has 0 bridgehead atoms. The van der Waals surface area contributed by atoms with Crippen molar-refractivity contribution < 1.29 is 28.2 Å². The van der Waals surface area contributed by atoms with Gasteiger partial charge in [-0.05, 0) is 96.0 Å². The molecule has 5 atom stereocenters. The van der Waals surface area contributed by atoms with Gasteiger partial charge in [0.05, 0.1) is 12.2 Å². The molecule has 0 aliphatic carbocycles. The van der Waals surface area contributed by atoms with E-state index in [0.717, 1.165) is 61.5 Å². The van der Waals surface area contributed by atoms with Gasteiger partial charge in [-0.3, -0.25) is 4.79 Å². The number of allylic oxidation sites excluding steroid dienone is 9. The zero-order chi connectivity index (χ0) is 41.0. The number of cyclic esters (lactones) is 1. The Balaban J connectivity index is 3.31. The third-order valence-corrected chi connectivity index (χ3v) is 16.3. The van der Waals surface area contributed by atoms with Gasteiger partial charge in [0.2, 0.25) is 0 Å². The molecule has 1 aliphatic rings. The van der Waals surface area contributed by atoms with Crippen LogP contribution in [0.5, 0.6) is 0 Å². The van der Waals surface area contributed by atoms with E-state index >= 15 is 0 Å². The fourth-order valence-corrected chi connectivity index (χ4v) is 7.85. The largest absolute Gasteiger partial charge is 0.458 e. The molecule has 0 saturated carbocycles. The van der Waals surface area contributed by atoms with Crippen molar-refractivity contribution >= 4 is 28.1 Å². The van der Waals surface area contributed by atoms with Crippen LogP contribution in [0.1, 0.15) is 107 Å². The second kappa shape index (κ2) is 25.0. The lowest BCUT2D eigenvalue weighted by Gasteiger charge is -2.40. The summed E-state index contributed by atoms with van der Waals surface area (Å²) in [4.78, 5) is 25.2. The third kappa shape index (κ3) is 22.9. The molecular weight excluding hydrogens is 705 g/mol. The minimum absolute atomic E-state index is 0.0296. The number of hydrogen-bond acceptors (Lipinski definition) is 6. The van der Waals surface area contributed by atoms with E-state index < -0.39 is 16.4 Å². The van der Waals surface area contributed by atoms with Crippen LogP contribution in [0, 0.1) is 11.8 Å². The Kier molecular flexibility index (Phi) is 23.0. The molecule has 0 saturated heterocycles. The summed E-state index contributed by atoms with van der Waals surface area (Å²) in [6, 6.07) is 1.11. The molecule has 0 fully saturated rings. The van der Waals surface area contributed by atoms with Crippen LogP contribution in [0.4, 0.5) is 0 Å². The Morgan fingerprint density at radius 1 is 1.04 bits per heavy atom. The van der Waals surface area contributed by atoms with Crippen molar-refractivity contribution in [2.24, 2.45) is 11.8 Å². The molecule has 1 aliphatic heterocycles. The predicted octanol–water partition coefficient (Wildman–Crippen LogP) is 12.7. The molecule has 0 aromatic rings. The van der Waals surface area contributed by atoms with Crippen molar-refractivity contribution in [3.05, 3.63) is 83.6 Å². The molecule has 54 heavy (non-hydrogen) atoms. The third-order valence-electron chi connectivity index (χ3n) is 10.1. The zero-order valence-electron chi connectivity index (χ0n) is 36.8. The van der Waals surface area contributed by atoms with Gasteiger partial charge < -0.3 is 18.6 Å². The first-order valence-corrected chi connectivity index (χ1v) is 27.0. The molecule has 0 spiro atoms. The van der Waals surface area contributed by atoms with Crippen LogP contribution in [0.25, 0.3) is 0 Å². The van der Waals surface area contributed by atoms with Crippen LogP contribution < -0.4 is 0 Å². The van der Waals surface area contributed by atoms with E-state index in [-0.39, 0.29) is 53.7 Å². The lowest BCUT2D eigenvalue weighted by Crippen LogP contribution is -2.45. The van der Waals surface area contributed by atoms with Crippen molar-refractivity contribution in [1.29, 1.82) is 0 Å². The van der Waals surface area contributed by atoms with E-state index in [1.54, 1.807) is 12.2 Å². The summed E-state index contributed by atoms with van der Waals surface area (Å²) >= 11 is 0. The van der Waals surface area contributed by atoms with Gasteiger partial charge in [0.1, 0.15) is 12.9 Å². The molecule has 0 amide bonds. The first kappa shape index (κ1) is 49.7. The Hall–Kier alpha value is -2.37. The average molecular weight is 783 g/mol. The molecular formula is C46H78O6Si2. The molecule has 0 N–H and O–H groups in total. The Morgan fingerprint density at radius 3 is 2.39 bits per heavy atom. The fraction of sp³-hybridized carbons (Fsp3) is 0.652. The summed E-state index contributed by atoms with van der Waals surface area (Å²) in [5.74, 6) is -0.0525. The summed E-state index contributed by atoms with van der Waals surface area (Å²) in [6.07, 6.45) is 27.0. The van der Waals surface area contributed by atoms with Gasteiger partial charge >= 0.3 is 5.97 Å². The second-order valence-electron chi connectivity index (χ2n) is 18.3. The highest BCUT2D eigenvalue weighted by Crippen LogP contribution is 2.39. The van der Waals surface area contributed by atoms with Gasteiger partial charge in [0.25, 0.3) is 0 Å². The predicted molar refractivity (Wildman–Crippen MR) is 235 cm³/mol. The molecule has 8 heteroatoms. The molecule has 0 aromatic heterocycles. The quantitative estimate of drug-likeness (QED) is 0.0332. The molecule has 306 valence electrons. The SMILES string of the molecule is CC(C)=CC(=O)C/C=C/C(C)=C/[C@@H](C)C1C/C(C)=C/C=C/CC[C@@H](O[Si](C)(C)C(C)(C)C)[C@H](C)/C=C/[C@H](OCOCC[Si](C)(C)C)CCC/C=C/C(=O)O1. The van der Waals surface area contributed by atoms with Crippen LogP contribution in [0.15, 0.2) is 83.6 Å².